The molecule has 15 heavy (non-hydrogen) atoms. The first-order valence-corrected chi connectivity index (χ1v) is 5.90. The van der Waals surface area contributed by atoms with Crippen molar-refractivity contribution < 1.29 is 5.11 Å². The van der Waals surface area contributed by atoms with Gasteiger partial charge in [-0.3, -0.25) is 0 Å². The van der Waals surface area contributed by atoms with Crippen molar-refractivity contribution in [3.63, 3.8) is 0 Å². The highest BCUT2D eigenvalue weighted by Crippen LogP contribution is 2.39. The van der Waals surface area contributed by atoms with E-state index < -0.39 is 0 Å². The van der Waals surface area contributed by atoms with Crippen LogP contribution in [0.1, 0.15) is 36.3 Å². The molecule has 2 nitrogen and oxygen atoms in total. The van der Waals surface area contributed by atoms with Gasteiger partial charge in [-0.1, -0.05) is 6.07 Å². The van der Waals surface area contributed by atoms with Gasteiger partial charge in [0, 0.05) is 6.04 Å². The van der Waals surface area contributed by atoms with E-state index in [0.717, 1.165) is 6.54 Å². The Morgan fingerprint density at radius 3 is 3.00 bits per heavy atom. The van der Waals surface area contributed by atoms with Crippen molar-refractivity contribution in [2.75, 3.05) is 6.54 Å². The molecule has 0 saturated carbocycles. The molecule has 2 unspecified atom stereocenters. The van der Waals surface area contributed by atoms with Crippen molar-refractivity contribution in [2.45, 2.75) is 37.6 Å². The molecule has 0 radical (unpaired) electrons. The highest BCUT2D eigenvalue weighted by Gasteiger charge is 2.31. The van der Waals surface area contributed by atoms with Crippen LogP contribution in [0.25, 0.3) is 0 Å². The van der Waals surface area contributed by atoms with Crippen molar-refractivity contribution in [3.05, 3.63) is 29.3 Å². The molecule has 3 rings (SSSR count). The number of phenolic OH excluding ortho intramolecular Hbond substituents is 1. The first kappa shape index (κ1) is 9.22. The fourth-order valence-corrected chi connectivity index (χ4v) is 3.09. The van der Waals surface area contributed by atoms with Gasteiger partial charge in [-0.15, -0.1) is 0 Å². The van der Waals surface area contributed by atoms with Crippen molar-refractivity contribution in [2.24, 2.45) is 0 Å². The van der Waals surface area contributed by atoms with E-state index in [0.29, 0.717) is 17.7 Å². The molecule has 1 heterocycles. The Labute approximate surface area is 90.3 Å². The minimum Gasteiger partial charge on any atom is -0.508 e. The Hall–Kier alpha value is -1.02. The summed E-state index contributed by atoms with van der Waals surface area (Å²) in [5.74, 6) is 1.05. The standard InChI is InChI=1S/C13H17NO/c15-10-5-3-9-4-6-11(12(9)8-10)13-2-1-7-14-13/h3,5,8,11,13-15H,1-2,4,6-7H2. The predicted molar refractivity (Wildman–Crippen MR) is 60.2 cm³/mol. The van der Waals surface area contributed by atoms with Gasteiger partial charge in [0.15, 0.2) is 0 Å². The van der Waals surface area contributed by atoms with Gasteiger partial charge in [0.05, 0.1) is 0 Å². The third-order valence-electron chi connectivity index (χ3n) is 3.84. The molecule has 1 aromatic rings. The fourth-order valence-electron chi connectivity index (χ4n) is 3.09. The third kappa shape index (κ3) is 1.53. The van der Waals surface area contributed by atoms with Gasteiger partial charge in [0.1, 0.15) is 5.75 Å². The van der Waals surface area contributed by atoms with E-state index in [1.807, 2.05) is 12.1 Å². The second-order valence-corrected chi connectivity index (χ2v) is 4.73. The number of aryl methyl sites for hydroxylation is 1. The van der Waals surface area contributed by atoms with Crippen LogP contribution in [0.2, 0.25) is 0 Å². The molecule has 0 aromatic heterocycles. The molecule has 1 saturated heterocycles. The second kappa shape index (κ2) is 3.53. The summed E-state index contributed by atoms with van der Waals surface area (Å²) in [6, 6.07) is 6.50. The molecular formula is C13H17NO. The lowest BCUT2D eigenvalue weighted by molar-refractivity contribution is 0.466. The molecule has 0 amide bonds. The Bertz CT molecular complexity index is 369. The molecule has 1 aliphatic heterocycles. The SMILES string of the molecule is Oc1ccc2c(c1)C(C1CCCN1)CC2. The zero-order chi connectivity index (χ0) is 10.3. The molecule has 2 aliphatic rings. The summed E-state index contributed by atoms with van der Waals surface area (Å²) in [4.78, 5) is 0. The summed E-state index contributed by atoms with van der Waals surface area (Å²) >= 11 is 0. The Morgan fingerprint density at radius 2 is 2.20 bits per heavy atom. The summed E-state index contributed by atoms with van der Waals surface area (Å²) < 4.78 is 0. The lowest BCUT2D eigenvalue weighted by Crippen LogP contribution is -2.27. The molecule has 0 bridgehead atoms. The highest BCUT2D eigenvalue weighted by molar-refractivity contribution is 5.41. The molecule has 2 atom stereocenters. The zero-order valence-corrected chi connectivity index (χ0v) is 8.87. The quantitative estimate of drug-likeness (QED) is 0.733. The van der Waals surface area contributed by atoms with Crippen LogP contribution in [0.15, 0.2) is 18.2 Å². The second-order valence-electron chi connectivity index (χ2n) is 4.73. The lowest BCUT2D eigenvalue weighted by atomic mass is 9.92. The maximum Gasteiger partial charge on any atom is 0.115 e. The maximum absolute atomic E-state index is 9.54. The van der Waals surface area contributed by atoms with Crippen LogP contribution < -0.4 is 5.32 Å². The average molecular weight is 203 g/mol. The first-order valence-electron chi connectivity index (χ1n) is 5.90. The smallest absolute Gasteiger partial charge is 0.115 e. The summed E-state index contributed by atoms with van der Waals surface area (Å²) in [7, 11) is 0. The van der Waals surface area contributed by atoms with Gasteiger partial charge in [0.2, 0.25) is 0 Å². The summed E-state index contributed by atoms with van der Waals surface area (Å²) in [6.45, 7) is 1.16. The van der Waals surface area contributed by atoms with E-state index >= 15 is 0 Å². The van der Waals surface area contributed by atoms with E-state index in [2.05, 4.69) is 11.4 Å². The number of phenols is 1. The highest BCUT2D eigenvalue weighted by atomic mass is 16.3. The molecule has 2 heteroatoms. The van der Waals surface area contributed by atoms with Gasteiger partial charge < -0.3 is 10.4 Å². The predicted octanol–water partition coefficient (Wildman–Crippen LogP) is 2.17. The van der Waals surface area contributed by atoms with E-state index in [1.54, 1.807) is 0 Å². The molecule has 2 N–H and O–H groups in total. The number of nitrogens with one attached hydrogen (secondary N) is 1. The van der Waals surface area contributed by atoms with Gasteiger partial charge in [-0.25, -0.2) is 0 Å². The Balaban J connectivity index is 1.92. The Morgan fingerprint density at radius 1 is 1.27 bits per heavy atom. The molecule has 1 fully saturated rings. The molecule has 1 aliphatic carbocycles. The molecule has 0 spiro atoms. The van der Waals surface area contributed by atoms with Crippen LogP contribution >= 0.6 is 0 Å². The number of rotatable bonds is 1. The van der Waals surface area contributed by atoms with Gasteiger partial charge >= 0.3 is 0 Å². The summed E-state index contributed by atoms with van der Waals surface area (Å²) in [5, 5.41) is 13.1. The van der Waals surface area contributed by atoms with E-state index in [9.17, 15) is 5.11 Å². The maximum atomic E-state index is 9.54. The summed E-state index contributed by atoms with van der Waals surface area (Å²) in [5.41, 5.74) is 2.82. The van der Waals surface area contributed by atoms with E-state index in [-0.39, 0.29) is 0 Å². The minimum atomic E-state index is 0.415. The third-order valence-corrected chi connectivity index (χ3v) is 3.84. The topological polar surface area (TPSA) is 32.3 Å². The number of fused-ring (bicyclic) bond motifs is 1. The first-order chi connectivity index (χ1) is 7.34. The van der Waals surface area contributed by atoms with E-state index in [4.69, 9.17) is 0 Å². The van der Waals surface area contributed by atoms with Crippen LogP contribution in [0.3, 0.4) is 0 Å². The van der Waals surface area contributed by atoms with Crippen LogP contribution in [0.5, 0.6) is 5.75 Å². The van der Waals surface area contributed by atoms with Crippen LogP contribution in [-0.2, 0) is 6.42 Å². The van der Waals surface area contributed by atoms with Crippen LogP contribution in [0, 0.1) is 0 Å². The zero-order valence-electron chi connectivity index (χ0n) is 8.87. The number of hydrogen-bond acceptors (Lipinski definition) is 2. The largest absolute Gasteiger partial charge is 0.508 e. The van der Waals surface area contributed by atoms with Crippen LogP contribution in [-0.4, -0.2) is 17.7 Å². The van der Waals surface area contributed by atoms with Crippen molar-refractivity contribution in [3.8, 4) is 5.75 Å². The normalized spacial score (nSPS) is 29.3. The number of hydrogen-bond donors (Lipinski definition) is 2. The monoisotopic (exact) mass is 203 g/mol. The molecule has 80 valence electrons. The average Bonchev–Trinajstić information content (AvgIpc) is 2.83. The van der Waals surface area contributed by atoms with E-state index in [1.165, 1.54) is 36.8 Å². The van der Waals surface area contributed by atoms with Crippen LogP contribution in [0.4, 0.5) is 0 Å². The number of benzene rings is 1. The van der Waals surface area contributed by atoms with Crippen molar-refractivity contribution in [1.82, 2.24) is 5.32 Å². The summed E-state index contributed by atoms with van der Waals surface area (Å²) in [6.07, 6.45) is 5.02. The van der Waals surface area contributed by atoms with Gasteiger partial charge in [-0.05, 0) is 61.4 Å². The molecule has 1 aromatic carbocycles. The minimum absolute atomic E-state index is 0.415. The van der Waals surface area contributed by atoms with Crippen molar-refractivity contribution in [1.29, 1.82) is 0 Å². The lowest BCUT2D eigenvalue weighted by Gasteiger charge is -2.19. The van der Waals surface area contributed by atoms with Gasteiger partial charge in [-0.2, -0.15) is 0 Å². The van der Waals surface area contributed by atoms with Gasteiger partial charge in [0.25, 0.3) is 0 Å². The van der Waals surface area contributed by atoms with Crippen molar-refractivity contribution >= 4 is 0 Å². The molecular weight excluding hydrogens is 186 g/mol. The Kier molecular flexibility index (Phi) is 2.17. The fraction of sp³-hybridized carbons (Fsp3) is 0.538. The number of aromatic hydroxyl groups is 1.